The zero-order chi connectivity index (χ0) is 12.6. The van der Waals surface area contributed by atoms with Crippen LogP contribution in [0.3, 0.4) is 0 Å². The molecule has 0 saturated carbocycles. The van der Waals surface area contributed by atoms with Crippen molar-refractivity contribution < 1.29 is 9.47 Å². The highest BCUT2D eigenvalue weighted by Gasteiger charge is 2.12. The van der Waals surface area contributed by atoms with Crippen LogP contribution in [0.2, 0.25) is 0 Å². The Balaban J connectivity index is 3.59. The van der Waals surface area contributed by atoms with Crippen LogP contribution >= 0.6 is 0 Å². The van der Waals surface area contributed by atoms with Gasteiger partial charge in [-0.25, -0.2) is 0 Å². The van der Waals surface area contributed by atoms with Crippen molar-refractivity contribution >= 4 is 6.21 Å². The zero-order valence-electron chi connectivity index (χ0n) is 11.0. The number of nitrogens with one attached hydrogen (secondary N) is 1. The van der Waals surface area contributed by atoms with E-state index in [1.807, 2.05) is 20.8 Å². The van der Waals surface area contributed by atoms with Gasteiger partial charge in [0, 0.05) is 18.6 Å². The van der Waals surface area contributed by atoms with Crippen LogP contribution in [0.4, 0.5) is 0 Å². The summed E-state index contributed by atoms with van der Waals surface area (Å²) in [6.07, 6.45) is 3.11. The highest BCUT2D eigenvalue weighted by atomic mass is 16.5. The van der Waals surface area contributed by atoms with Gasteiger partial charge in [-0.2, -0.15) is 0 Å². The lowest BCUT2D eigenvalue weighted by Crippen LogP contribution is -2.19. The summed E-state index contributed by atoms with van der Waals surface area (Å²) in [5, 5.41) is 7.15. The minimum atomic E-state index is -0.183. The van der Waals surface area contributed by atoms with Crippen molar-refractivity contribution in [2.45, 2.75) is 46.1 Å². The minimum absolute atomic E-state index is 0.183. The molecule has 0 aromatic heterocycles. The third-order valence-corrected chi connectivity index (χ3v) is 2.07. The maximum Gasteiger partial charge on any atom is 0.100 e. The largest absolute Gasteiger partial charge is 0.493 e. The molecule has 0 rings (SSSR count). The Hall–Kier alpha value is -0.830. The van der Waals surface area contributed by atoms with Crippen LogP contribution in [-0.4, -0.2) is 25.0 Å². The monoisotopic (exact) mass is 227 g/mol. The van der Waals surface area contributed by atoms with Crippen molar-refractivity contribution in [3.63, 3.8) is 0 Å². The zero-order valence-corrected chi connectivity index (χ0v) is 11.0. The van der Waals surface area contributed by atoms with Crippen molar-refractivity contribution in [3.8, 4) is 0 Å². The van der Waals surface area contributed by atoms with Crippen LogP contribution < -0.4 is 0 Å². The van der Waals surface area contributed by atoms with E-state index in [1.165, 1.54) is 6.21 Å². The Morgan fingerprint density at radius 3 is 2.50 bits per heavy atom. The lowest BCUT2D eigenvalue weighted by atomic mass is 10.1. The topological polar surface area (TPSA) is 42.3 Å². The molecule has 3 nitrogen and oxygen atoms in total. The molecule has 0 aliphatic heterocycles. The van der Waals surface area contributed by atoms with E-state index < -0.39 is 0 Å². The van der Waals surface area contributed by atoms with Gasteiger partial charge < -0.3 is 14.9 Å². The number of rotatable bonds is 8. The Morgan fingerprint density at radius 1 is 1.44 bits per heavy atom. The normalized spacial score (nSPS) is 13.2. The molecule has 0 heterocycles. The summed E-state index contributed by atoms with van der Waals surface area (Å²) in [6, 6.07) is 0. The van der Waals surface area contributed by atoms with Crippen LogP contribution in [0.15, 0.2) is 12.3 Å². The number of hydrogen-bond donors (Lipinski definition) is 1. The van der Waals surface area contributed by atoms with Crippen LogP contribution in [0, 0.1) is 11.3 Å². The molecule has 3 heteroatoms. The average Bonchev–Trinajstić information content (AvgIpc) is 2.15. The average molecular weight is 227 g/mol. The predicted octanol–water partition coefficient (Wildman–Crippen LogP) is 3.40. The molecule has 1 unspecified atom stereocenters. The molecule has 0 saturated heterocycles. The first kappa shape index (κ1) is 15.2. The van der Waals surface area contributed by atoms with E-state index in [2.05, 4.69) is 13.5 Å². The van der Waals surface area contributed by atoms with E-state index in [9.17, 15) is 0 Å². The first-order valence-electron chi connectivity index (χ1n) is 5.84. The third-order valence-electron chi connectivity index (χ3n) is 2.07. The molecule has 0 amide bonds. The second kappa shape index (κ2) is 7.44. The summed E-state index contributed by atoms with van der Waals surface area (Å²) in [5.74, 6) is 0.993. The quantitative estimate of drug-likeness (QED) is 0.392. The van der Waals surface area contributed by atoms with Crippen molar-refractivity contribution in [1.29, 1.82) is 5.41 Å². The Labute approximate surface area is 99.3 Å². The molecule has 1 N–H and O–H groups in total. The Morgan fingerprint density at radius 2 is 2.06 bits per heavy atom. The molecule has 0 fully saturated rings. The summed E-state index contributed by atoms with van der Waals surface area (Å²) >= 11 is 0. The van der Waals surface area contributed by atoms with Crippen molar-refractivity contribution in [3.05, 3.63) is 12.3 Å². The summed E-state index contributed by atoms with van der Waals surface area (Å²) in [6.45, 7) is 13.1. The van der Waals surface area contributed by atoms with Gasteiger partial charge in [-0.05, 0) is 27.2 Å². The van der Waals surface area contributed by atoms with Gasteiger partial charge in [0.15, 0.2) is 0 Å². The fraction of sp³-hybridized carbons (Fsp3) is 0.769. The van der Waals surface area contributed by atoms with Crippen molar-refractivity contribution in [2.75, 3.05) is 13.2 Å². The molecule has 0 aromatic rings. The van der Waals surface area contributed by atoms with Gasteiger partial charge in [-0.3, -0.25) is 0 Å². The van der Waals surface area contributed by atoms with Crippen molar-refractivity contribution in [1.82, 2.24) is 0 Å². The van der Waals surface area contributed by atoms with Gasteiger partial charge in [0.05, 0.1) is 19.0 Å². The molecule has 0 bridgehead atoms. The second-order valence-corrected chi connectivity index (χ2v) is 4.91. The summed E-state index contributed by atoms with van der Waals surface area (Å²) < 4.78 is 11.0. The van der Waals surface area contributed by atoms with Gasteiger partial charge in [0.2, 0.25) is 0 Å². The lowest BCUT2D eigenvalue weighted by Gasteiger charge is -2.22. The molecule has 94 valence electrons. The summed E-state index contributed by atoms with van der Waals surface area (Å²) in [4.78, 5) is 0. The minimum Gasteiger partial charge on any atom is -0.493 e. The fourth-order valence-electron chi connectivity index (χ4n) is 1.19. The lowest BCUT2D eigenvalue weighted by molar-refractivity contribution is 0.0352. The maximum absolute atomic E-state index is 7.15. The van der Waals surface area contributed by atoms with Crippen LogP contribution in [0.5, 0.6) is 0 Å². The van der Waals surface area contributed by atoms with Gasteiger partial charge in [0.25, 0.3) is 0 Å². The molecule has 0 spiro atoms. The second-order valence-electron chi connectivity index (χ2n) is 4.91. The predicted molar refractivity (Wildman–Crippen MR) is 68.0 cm³/mol. The SMILES string of the molecule is C=C(CCOCC(C=N)CC)OC(C)(C)C. The molecule has 1 atom stereocenters. The van der Waals surface area contributed by atoms with Crippen LogP contribution in [0.25, 0.3) is 0 Å². The third kappa shape index (κ3) is 8.48. The Bertz CT molecular complexity index is 218. The van der Waals surface area contributed by atoms with E-state index in [0.717, 1.165) is 12.2 Å². The number of ether oxygens (including phenoxy) is 2. The van der Waals surface area contributed by atoms with E-state index in [4.69, 9.17) is 14.9 Å². The molecular formula is C13H25NO2. The van der Waals surface area contributed by atoms with E-state index in [0.29, 0.717) is 19.6 Å². The molecule has 0 aliphatic rings. The smallest absolute Gasteiger partial charge is 0.100 e. The molecule has 0 radical (unpaired) electrons. The molecule has 16 heavy (non-hydrogen) atoms. The maximum atomic E-state index is 7.15. The van der Waals surface area contributed by atoms with Gasteiger partial charge in [0.1, 0.15) is 5.60 Å². The fourth-order valence-corrected chi connectivity index (χ4v) is 1.19. The highest BCUT2D eigenvalue weighted by molar-refractivity contribution is 5.56. The molecule has 0 aliphatic carbocycles. The first-order valence-corrected chi connectivity index (χ1v) is 5.84. The molecular weight excluding hydrogens is 202 g/mol. The first-order chi connectivity index (χ1) is 7.39. The van der Waals surface area contributed by atoms with Gasteiger partial charge in [-0.15, -0.1) is 0 Å². The standard InChI is InChI=1S/C13H25NO2/c1-6-12(9-14)10-15-8-7-11(2)16-13(3,4)5/h9,12,14H,2,6-8,10H2,1,3-5H3. The van der Waals surface area contributed by atoms with Crippen LogP contribution in [0.1, 0.15) is 40.5 Å². The van der Waals surface area contributed by atoms with Gasteiger partial charge in [-0.1, -0.05) is 13.5 Å². The number of hydrogen-bond acceptors (Lipinski definition) is 3. The summed E-state index contributed by atoms with van der Waals surface area (Å²) in [5.41, 5.74) is -0.183. The van der Waals surface area contributed by atoms with E-state index in [1.54, 1.807) is 0 Å². The van der Waals surface area contributed by atoms with Crippen molar-refractivity contribution in [2.24, 2.45) is 5.92 Å². The van der Waals surface area contributed by atoms with Gasteiger partial charge >= 0.3 is 0 Å². The molecule has 0 aromatic carbocycles. The van der Waals surface area contributed by atoms with E-state index >= 15 is 0 Å². The summed E-state index contributed by atoms with van der Waals surface area (Å²) in [7, 11) is 0. The Kier molecular flexibility index (Phi) is 7.06. The van der Waals surface area contributed by atoms with Crippen LogP contribution in [-0.2, 0) is 9.47 Å². The van der Waals surface area contributed by atoms with E-state index in [-0.39, 0.29) is 11.5 Å². The highest BCUT2D eigenvalue weighted by Crippen LogP contribution is 2.14.